The van der Waals surface area contributed by atoms with E-state index in [-0.39, 0.29) is 5.69 Å². The van der Waals surface area contributed by atoms with Gasteiger partial charge < -0.3 is 10.6 Å². The predicted octanol–water partition coefficient (Wildman–Crippen LogP) is 3.51. The Morgan fingerprint density at radius 2 is 1.88 bits per heavy atom. The van der Waals surface area contributed by atoms with Crippen molar-refractivity contribution >= 4 is 11.7 Å². The molecule has 0 radical (unpaired) electrons. The molecular formula is C18H16F2N4O. The van der Waals surface area contributed by atoms with Crippen LogP contribution in [0.2, 0.25) is 0 Å². The first-order chi connectivity index (χ1) is 12.1. The molecular weight excluding hydrogens is 326 g/mol. The van der Waals surface area contributed by atoms with Crippen LogP contribution in [0.3, 0.4) is 0 Å². The Morgan fingerprint density at radius 3 is 2.68 bits per heavy atom. The molecule has 3 aromatic rings. The molecule has 2 amide bonds. The smallest absolute Gasteiger partial charge is 0.319 e. The number of carbonyl (C=O) groups excluding carboxylic acids is 1. The number of halogens is 2. The number of carbonyl (C=O) groups is 1. The lowest BCUT2D eigenvalue weighted by atomic mass is 10.2. The van der Waals surface area contributed by atoms with Crippen molar-refractivity contribution in [2.24, 2.45) is 0 Å². The number of hydrogen-bond acceptors (Lipinski definition) is 2. The normalized spacial score (nSPS) is 10.5. The summed E-state index contributed by atoms with van der Waals surface area (Å²) in [4.78, 5) is 11.8. The summed E-state index contributed by atoms with van der Waals surface area (Å²) >= 11 is 0. The summed E-state index contributed by atoms with van der Waals surface area (Å²) in [5.41, 5.74) is 1.69. The quantitative estimate of drug-likeness (QED) is 0.745. The highest BCUT2D eigenvalue weighted by atomic mass is 19.2. The van der Waals surface area contributed by atoms with Crippen LogP contribution in [0.5, 0.6) is 0 Å². The summed E-state index contributed by atoms with van der Waals surface area (Å²) in [5.74, 6) is -2.09. The van der Waals surface area contributed by atoms with E-state index in [0.29, 0.717) is 13.0 Å². The van der Waals surface area contributed by atoms with Crippen LogP contribution in [-0.4, -0.2) is 22.4 Å². The van der Waals surface area contributed by atoms with E-state index in [0.717, 1.165) is 17.3 Å². The molecule has 0 saturated heterocycles. The number of hydrogen-bond donors (Lipinski definition) is 2. The molecule has 7 heteroatoms. The minimum atomic E-state index is -1.08. The third-order valence-corrected chi connectivity index (χ3v) is 3.56. The van der Waals surface area contributed by atoms with Gasteiger partial charge in [0, 0.05) is 12.7 Å². The molecule has 0 aliphatic heterocycles. The van der Waals surface area contributed by atoms with Gasteiger partial charge in [0.15, 0.2) is 11.6 Å². The van der Waals surface area contributed by atoms with Gasteiger partial charge in [-0.2, -0.15) is 5.10 Å². The first kappa shape index (κ1) is 16.6. The third kappa shape index (κ3) is 4.20. The van der Waals surface area contributed by atoms with Crippen LogP contribution in [-0.2, 0) is 6.42 Å². The molecule has 0 saturated carbocycles. The number of nitrogens with one attached hydrogen (secondary N) is 2. The van der Waals surface area contributed by atoms with E-state index in [1.807, 2.05) is 36.5 Å². The number of nitrogens with zero attached hydrogens (tertiary/aromatic N) is 2. The van der Waals surface area contributed by atoms with Crippen LogP contribution in [0.4, 0.5) is 19.3 Å². The maximum Gasteiger partial charge on any atom is 0.319 e. The SMILES string of the molecule is O=C(NCCc1cnn(-c2ccccc2)c1)Nc1cccc(F)c1F. The fourth-order valence-electron chi connectivity index (χ4n) is 2.30. The highest BCUT2D eigenvalue weighted by Gasteiger charge is 2.10. The van der Waals surface area contributed by atoms with Gasteiger partial charge in [0.2, 0.25) is 0 Å². The highest BCUT2D eigenvalue weighted by molar-refractivity contribution is 5.89. The molecule has 0 aliphatic rings. The standard InChI is InChI=1S/C18H16F2N4O/c19-15-7-4-8-16(17(15)20)23-18(25)21-10-9-13-11-22-24(12-13)14-5-2-1-3-6-14/h1-8,11-12H,9-10H2,(H2,21,23,25). The van der Waals surface area contributed by atoms with Gasteiger partial charge in [-0.25, -0.2) is 18.3 Å². The fraction of sp³-hybridized carbons (Fsp3) is 0.111. The summed E-state index contributed by atoms with van der Waals surface area (Å²) in [6.07, 6.45) is 4.16. The van der Waals surface area contributed by atoms with E-state index in [4.69, 9.17) is 0 Å². The van der Waals surface area contributed by atoms with Crippen LogP contribution in [0.25, 0.3) is 5.69 Å². The van der Waals surface area contributed by atoms with Crippen molar-refractivity contribution in [3.63, 3.8) is 0 Å². The Labute approximate surface area is 143 Å². The number of rotatable bonds is 5. The van der Waals surface area contributed by atoms with Crippen LogP contribution in [0.15, 0.2) is 60.9 Å². The van der Waals surface area contributed by atoms with Crippen molar-refractivity contribution in [1.29, 1.82) is 0 Å². The number of anilines is 1. The minimum Gasteiger partial charge on any atom is -0.338 e. The second-order valence-electron chi connectivity index (χ2n) is 5.36. The minimum absolute atomic E-state index is 0.200. The molecule has 25 heavy (non-hydrogen) atoms. The number of amides is 2. The van der Waals surface area contributed by atoms with Crippen LogP contribution >= 0.6 is 0 Å². The Balaban J connectivity index is 1.50. The molecule has 0 fully saturated rings. The van der Waals surface area contributed by atoms with Gasteiger partial charge in [-0.1, -0.05) is 24.3 Å². The summed E-state index contributed by atoms with van der Waals surface area (Å²) in [7, 11) is 0. The lowest BCUT2D eigenvalue weighted by Gasteiger charge is -2.08. The molecule has 0 atom stereocenters. The summed E-state index contributed by atoms with van der Waals surface area (Å²) in [5, 5.41) is 9.15. The monoisotopic (exact) mass is 342 g/mol. The van der Waals surface area contributed by atoms with Crippen LogP contribution in [0, 0.1) is 11.6 Å². The second-order valence-corrected chi connectivity index (χ2v) is 5.36. The predicted molar refractivity (Wildman–Crippen MR) is 90.6 cm³/mol. The van der Waals surface area contributed by atoms with E-state index in [1.54, 1.807) is 10.9 Å². The van der Waals surface area contributed by atoms with Gasteiger partial charge in [0.1, 0.15) is 0 Å². The number of benzene rings is 2. The van der Waals surface area contributed by atoms with E-state index in [1.165, 1.54) is 12.1 Å². The summed E-state index contributed by atoms with van der Waals surface area (Å²) < 4.78 is 28.3. The van der Waals surface area contributed by atoms with Crippen LogP contribution in [0.1, 0.15) is 5.56 Å². The zero-order valence-electron chi connectivity index (χ0n) is 13.2. The molecule has 3 rings (SSSR count). The van der Waals surface area contributed by atoms with Gasteiger partial charge in [-0.05, 0) is 36.2 Å². The van der Waals surface area contributed by atoms with Crippen molar-refractivity contribution in [1.82, 2.24) is 15.1 Å². The topological polar surface area (TPSA) is 59.0 Å². The van der Waals surface area contributed by atoms with Gasteiger partial charge in [0.25, 0.3) is 0 Å². The number of para-hydroxylation sites is 1. The first-order valence-corrected chi connectivity index (χ1v) is 7.71. The average molecular weight is 342 g/mol. The van der Waals surface area contributed by atoms with Gasteiger partial charge in [-0.15, -0.1) is 0 Å². The molecule has 2 aromatic carbocycles. The highest BCUT2D eigenvalue weighted by Crippen LogP contribution is 2.16. The lowest BCUT2D eigenvalue weighted by Crippen LogP contribution is -2.30. The molecule has 1 heterocycles. The van der Waals surface area contributed by atoms with Gasteiger partial charge in [-0.3, -0.25) is 0 Å². The zero-order chi connectivity index (χ0) is 17.6. The molecule has 1 aromatic heterocycles. The third-order valence-electron chi connectivity index (χ3n) is 3.56. The molecule has 0 unspecified atom stereocenters. The first-order valence-electron chi connectivity index (χ1n) is 7.71. The van der Waals surface area contributed by atoms with Gasteiger partial charge >= 0.3 is 6.03 Å². The molecule has 5 nitrogen and oxygen atoms in total. The fourth-order valence-corrected chi connectivity index (χ4v) is 2.30. The molecule has 128 valence electrons. The van der Waals surface area contributed by atoms with Crippen molar-refractivity contribution in [3.05, 3.63) is 78.1 Å². The molecule has 0 bridgehead atoms. The van der Waals surface area contributed by atoms with Crippen molar-refractivity contribution in [2.75, 3.05) is 11.9 Å². The maximum absolute atomic E-state index is 13.5. The lowest BCUT2D eigenvalue weighted by molar-refractivity contribution is 0.252. The van der Waals surface area contributed by atoms with Crippen molar-refractivity contribution in [3.8, 4) is 5.69 Å². The molecule has 2 N–H and O–H groups in total. The number of aromatic nitrogens is 2. The molecule has 0 spiro atoms. The Hall–Kier alpha value is -3.22. The van der Waals surface area contributed by atoms with Gasteiger partial charge in [0.05, 0.1) is 17.6 Å². The average Bonchev–Trinajstić information content (AvgIpc) is 3.09. The summed E-state index contributed by atoms with van der Waals surface area (Å²) in [6.45, 7) is 0.337. The van der Waals surface area contributed by atoms with Crippen LogP contribution < -0.4 is 10.6 Å². The van der Waals surface area contributed by atoms with E-state index < -0.39 is 17.7 Å². The second kappa shape index (κ2) is 7.57. The van der Waals surface area contributed by atoms with E-state index in [9.17, 15) is 13.6 Å². The Bertz CT molecular complexity index is 865. The largest absolute Gasteiger partial charge is 0.338 e. The van der Waals surface area contributed by atoms with Crippen molar-refractivity contribution in [2.45, 2.75) is 6.42 Å². The summed E-state index contributed by atoms with van der Waals surface area (Å²) in [6, 6.07) is 12.7. The Morgan fingerprint density at radius 1 is 1.08 bits per heavy atom. The van der Waals surface area contributed by atoms with Crippen molar-refractivity contribution < 1.29 is 13.6 Å². The zero-order valence-corrected chi connectivity index (χ0v) is 13.2. The maximum atomic E-state index is 13.5. The Kier molecular flexibility index (Phi) is 5.03. The van der Waals surface area contributed by atoms with E-state index in [2.05, 4.69) is 15.7 Å². The molecule has 0 aliphatic carbocycles. The number of urea groups is 1. The van der Waals surface area contributed by atoms with E-state index >= 15 is 0 Å².